The third-order valence-electron chi connectivity index (χ3n) is 7.66. The van der Waals surface area contributed by atoms with Crippen LogP contribution in [0.4, 0.5) is 5.82 Å². The van der Waals surface area contributed by atoms with Crippen molar-refractivity contribution in [2.45, 2.75) is 38.9 Å². The van der Waals surface area contributed by atoms with Gasteiger partial charge in [-0.2, -0.15) is 9.97 Å². The Morgan fingerprint density at radius 1 is 1.11 bits per heavy atom. The molecular weight excluding hydrogens is 452 g/mol. The van der Waals surface area contributed by atoms with E-state index in [9.17, 15) is 14.7 Å². The lowest BCUT2D eigenvalue weighted by atomic mass is 9.77. The maximum absolute atomic E-state index is 13.5. The number of likely N-dealkylation sites (tertiary alicyclic amines) is 1. The standard InChI is InChI=1S/C25H30N4O6/c1-15-16(4-5-17-18(15)14-35-22(17)31)19(30)13-28-9-6-25(7-10-28)8-11-29(23(25)32)20-12-21(33-2)27-24(26-20)34-3/h4-5,12,19,30H,6-11,13-14H2,1-3H3/t19-/m0/s1. The highest BCUT2D eigenvalue weighted by molar-refractivity contribution is 5.99. The van der Waals surface area contributed by atoms with Gasteiger partial charge >= 0.3 is 12.0 Å². The van der Waals surface area contributed by atoms with E-state index in [0.717, 1.165) is 49.0 Å². The molecule has 1 aromatic carbocycles. The number of cyclic esters (lactones) is 1. The number of amides is 1. The van der Waals surface area contributed by atoms with Crippen molar-refractivity contribution in [3.63, 3.8) is 0 Å². The van der Waals surface area contributed by atoms with Crippen LogP contribution in [0.25, 0.3) is 0 Å². The zero-order valence-electron chi connectivity index (χ0n) is 20.2. The first kappa shape index (κ1) is 23.5. The molecule has 3 aliphatic heterocycles. The molecule has 2 aromatic rings. The molecule has 1 amide bonds. The van der Waals surface area contributed by atoms with Crippen molar-refractivity contribution in [3.05, 3.63) is 40.5 Å². The fourth-order valence-electron chi connectivity index (χ4n) is 5.46. The minimum atomic E-state index is -0.679. The van der Waals surface area contributed by atoms with Gasteiger partial charge in [-0.3, -0.25) is 9.69 Å². The second-order valence-electron chi connectivity index (χ2n) is 9.44. The largest absolute Gasteiger partial charge is 0.481 e. The zero-order valence-corrected chi connectivity index (χ0v) is 20.2. The van der Waals surface area contributed by atoms with E-state index >= 15 is 0 Å². The highest BCUT2D eigenvalue weighted by atomic mass is 16.5. The van der Waals surface area contributed by atoms with Gasteiger partial charge in [0.05, 0.1) is 31.3 Å². The lowest BCUT2D eigenvalue weighted by Gasteiger charge is -2.38. The predicted molar refractivity (Wildman–Crippen MR) is 125 cm³/mol. The number of methoxy groups -OCH3 is 2. The first-order valence-corrected chi connectivity index (χ1v) is 11.8. The molecule has 10 nitrogen and oxygen atoms in total. The number of aliphatic hydroxyl groups excluding tert-OH is 1. The fraction of sp³-hybridized carbons (Fsp3) is 0.520. The number of carbonyl (C=O) groups is 2. The summed E-state index contributed by atoms with van der Waals surface area (Å²) >= 11 is 0. The molecule has 186 valence electrons. The molecule has 10 heteroatoms. The molecule has 4 heterocycles. The molecule has 0 bridgehead atoms. The number of hydrogen-bond acceptors (Lipinski definition) is 9. The number of benzene rings is 1. The van der Waals surface area contributed by atoms with Crippen molar-refractivity contribution in [3.8, 4) is 11.9 Å². The minimum absolute atomic E-state index is 0.0691. The van der Waals surface area contributed by atoms with E-state index in [1.54, 1.807) is 17.0 Å². The van der Waals surface area contributed by atoms with E-state index in [1.165, 1.54) is 14.2 Å². The summed E-state index contributed by atoms with van der Waals surface area (Å²) in [7, 11) is 2.99. The van der Waals surface area contributed by atoms with Crippen LogP contribution in [-0.2, 0) is 16.1 Å². The molecule has 1 atom stereocenters. The monoisotopic (exact) mass is 482 g/mol. The Hall–Kier alpha value is -3.24. The van der Waals surface area contributed by atoms with E-state index in [4.69, 9.17) is 14.2 Å². The number of ether oxygens (including phenoxy) is 3. The summed E-state index contributed by atoms with van der Waals surface area (Å²) in [5, 5.41) is 11.0. The van der Waals surface area contributed by atoms with Crippen molar-refractivity contribution >= 4 is 17.7 Å². The number of hydrogen-bond donors (Lipinski definition) is 1. The summed E-state index contributed by atoms with van der Waals surface area (Å²) in [4.78, 5) is 37.7. The lowest BCUT2D eigenvalue weighted by molar-refractivity contribution is -0.128. The lowest BCUT2D eigenvalue weighted by Crippen LogP contribution is -2.45. The third kappa shape index (κ3) is 4.10. The van der Waals surface area contributed by atoms with Crippen LogP contribution in [0.15, 0.2) is 18.2 Å². The van der Waals surface area contributed by atoms with Gasteiger partial charge in [0, 0.05) is 24.7 Å². The Labute approximate surface area is 203 Å². The summed E-state index contributed by atoms with van der Waals surface area (Å²) in [6, 6.07) is 5.38. The minimum Gasteiger partial charge on any atom is -0.481 e. The SMILES string of the molecule is COc1cc(N2CCC3(CCN(C[C@H](O)c4ccc5c(c4C)COC5=O)CC3)C2=O)nc(OC)n1. The zero-order chi connectivity index (χ0) is 24.7. The maximum atomic E-state index is 13.5. The predicted octanol–water partition coefficient (Wildman–Crippen LogP) is 2.03. The number of fused-ring (bicyclic) bond motifs is 1. The Morgan fingerprint density at radius 2 is 1.86 bits per heavy atom. The average Bonchev–Trinajstić information content (AvgIpc) is 3.41. The Bertz CT molecular complexity index is 1140. The van der Waals surface area contributed by atoms with Crippen LogP contribution in [0.5, 0.6) is 11.9 Å². The van der Waals surface area contributed by atoms with Gasteiger partial charge in [0.25, 0.3) is 0 Å². The second-order valence-corrected chi connectivity index (χ2v) is 9.44. The highest BCUT2D eigenvalue weighted by Crippen LogP contribution is 2.43. The van der Waals surface area contributed by atoms with E-state index in [0.29, 0.717) is 30.4 Å². The fourth-order valence-corrected chi connectivity index (χ4v) is 5.46. The molecular formula is C25H30N4O6. The number of carbonyl (C=O) groups excluding carboxylic acids is 2. The van der Waals surface area contributed by atoms with Crippen LogP contribution in [0, 0.1) is 12.3 Å². The van der Waals surface area contributed by atoms with Crippen LogP contribution in [0.3, 0.4) is 0 Å². The Morgan fingerprint density at radius 3 is 2.57 bits per heavy atom. The molecule has 2 fully saturated rings. The Balaban J connectivity index is 1.24. The van der Waals surface area contributed by atoms with Gasteiger partial charge < -0.3 is 24.2 Å². The van der Waals surface area contributed by atoms with Gasteiger partial charge in [-0.25, -0.2) is 4.79 Å². The average molecular weight is 483 g/mol. The summed E-state index contributed by atoms with van der Waals surface area (Å²) < 4.78 is 15.5. The molecule has 1 N–H and O–H groups in total. The highest BCUT2D eigenvalue weighted by Gasteiger charge is 2.49. The molecule has 0 radical (unpaired) electrons. The van der Waals surface area contributed by atoms with Crippen LogP contribution < -0.4 is 14.4 Å². The molecule has 2 saturated heterocycles. The Kier molecular flexibility index (Phi) is 6.10. The molecule has 5 rings (SSSR count). The van der Waals surface area contributed by atoms with Crippen molar-refractivity contribution in [1.29, 1.82) is 0 Å². The maximum Gasteiger partial charge on any atom is 0.338 e. The molecule has 3 aliphatic rings. The molecule has 0 unspecified atom stereocenters. The first-order chi connectivity index (χ1) is 16.8. The quantitative estimate of drug-likeness (QED) is 0.618. The molecule has 0 saturated carbocycles. The van der Waals surface area contributed by atoms with Crippen LogP contribution in [0.1, 0.15) is 52.4 Å². The van der Waals surface area contributed by atoms with Gasteiger partial charge in [-0.1, -0.05) is 6.07 Å². The summed E-state index contributed by atoms with van der Waals surface area (Å²) in [6.45, 7) is 4.68. The summed E-state index contributed by atoms with van der Waals surface area (Å²) in [5.41, 5.74) is 2.75. The van der Waals surface area contributed by atoms with Crippen molar-refractivity contribution in [1.82, 2.24) is 14.9 Å². The van der Waals surface area contributed by atoms with Gasteiger partial charge in [0.1, 0.15) is 12.4 Å². The van der Waals surface area contributed by atoms with Gasteiger partial charge in [0.15, 0.2) is 0 Å². The van der Waals surface area contributed by atoms with Crippen LogP contribution in [0.2, 0.25) is 0 Å². The number of nitrogens with zero attached hydrogens (tertiary/aromatic N) is 4. The van der Waals surface area contributed by atoms with E-state index < -0.39 is 11.5 Å². The van der Waals surface area contributed by atoms with Crippen LogP contribution >= 0.6 is 0 Å². The molecule has 35 heavy (non-hydrogen) atoms. The normalized spacial score (nSPS) is 20.2. The molecule has 0 aliphatic carbocycles. The van der Waals surface area contributed by atoms with E-state index in [1.807, 2.05) is 13.0 Å². The van der Waals surface area contributed by atoms with Gasteiger partial charge in [-0.15, -0.1) is 0 Å². The molecule has 1 aromatic heterocycles. The number of esters is 1. The number of aromatic nitrogens is 2. The van der Waals surface area contributed by atoms with Crippen molar-refractivity contribution < 1.29 is 28.9 Å². The number of piperidine rings is 1. The number of rotatable bonds is 6. The number of β-amino-alcohol motifs (C(OH)–C–C–N with tert-alkyl or cyclic N) is 1. The third-order valence-corrected chi connectivity index (χ3v) is 7.66. The van der Waals surface area contributed by atoms with Gasteiger partial charge in [-0.05, 0) is 56.5 Å². The number of anilines is 1. The first-order valence-electron chi connectivity index (χ1n) is 11.8. The number of aliphatic hydroxyl groups is 1. The van der Waals surface area contributed by atoms with E-state index in [2.05, 4.69) is 14.9 Å². The van der Waals surface area contributed by atoms with Crippen LogP contribution in [-0.4, -0.2) is 72.2 Å². The van der Waals surface area contributed by atoms with E-state index in [-0.39, 0.29) is 24.5 Å². The summed E-state index contributed by atoms with van der Waals surface area (Å²) in [6.07, 6.45) is 1.52. The topological polar surface area (TPSA) is 114 Å². The van der Waals surface area contributed by atoms with Crippen molar-refractivity contribution in [2.24, 2.45) is 5.41 Å². The summed E-state index contributed by atoms with van der Waals surface area (Å²) in [5.74, 6) is 0.601. The molecule has 1 spiro atoms. The second kappa shape index (κ2) is 9.09. The van der Waals surface area contributed by atoms with Gasteiger partial charge in [0.2, 0.25) is 11.8 Å². The van der Waals surface area contributed by atoms with Crippen molar-refractivity contribution in [2.75, 3.05) is 45.3 Å². The smallest absolute Gasteiger partial charge is 0.338 e.